The van der Waals surface area contributed by atoms with E-state index in [4.69, 9.17) is 0 Å². The maximum atomic E-state index is 2.28. The van der Waals surface area contributed by atoms with Gasteiger partial charge in [0.25, 0.3) is 0 Å². The van der Waals surface area contributed by atoms with Gasteiger partial charge in [0.15, 0.2) is 0 Å². The molecule has 0 amide bonds. The van der Waals surface area contributed by atoms with E-state index < -0.39 is 0 Å². The molecule has 0 aliphatic carbocycles. The van der Waals surface area contributed by atoms with Crippen molar-refractivity contribution in [1.29, 1.82) is 0 Å². The first-order valence-corrected chi connectivity index (χ1v) is 30.0. The molecule has 4 heteroatoms. The van der Waals surface area contributed by atoms with Gasteiger partial charge in [0.2, 0.25) is 0 Å². The summed E-state index contributed by atoms with van der Waals surface area (Å²) in [5.74, 6) is 0. The van der Waals surface area contributed by atoms with Crippen LogP contribution < -0.4 is 24.8 Å². The van der Waals surface area contributed by atoms with E-state index in [1.54, 1.807) is 0 Å². The van der Waals surface area contributed by atoms with Gasteiger partial charge in [-0.1, -0.05) is 108 Å². The molecule has 0 aliphatic heterocycles. The number of benzene rings is 10. The minimum absolute atomic E-state index is 0. The van der Waals surface area contributed by atoms with Gasteiger partial charge in [0.05, 0.1) is 0 Å². The molecule has 14 rings (SSSR count). The molecule has 82 heavy (non-hydrogen) atoms. The third kappa shape index (κ3) is 16.3. The van der Waals surface area contributed by atoms with Gasteiger partial charge in [-0.15, -0.1) is 136 Å². The summed E-state index contributed by atoms with van der Waals surface area (Å²) in [5.41, 5.74) is 16.1. The van der Waals surface area contributed by atoms with Gasteiger partial charge < -0.3 is 24.8 Å². The Morgan fingerprint density at radius 3 is 0.793 bits per heavy atom. The van der Waals surface area contributed by atoms with E-state index in [1.165, 1.54) is 186 Å². The van der Waals surface area contributed by atoms with Crippen molar-refractivity contribution >= 4 is 71.0 Å². The molecule has 0 unspecified atom stereocenters. The molecule has 0 aromatic heterocycles. The van der Waals surface area contributed by atoms with Crippen LogP contribution in [0.25, 0.3) is 64.6 Å². The van der Waals surface area contributed by atoms with Gasteiger partial charge in [0, 0.05) is 0 Å². The van der Waals surface area contributed by atoms with Crippen LogP contribution in [0.5, 0.6) is 0 Å². The number of rotatable bonds is 4. The van der Waals surface area contributed by atoms with E-state index in [0.29, 0.717) is 0 Å². The predicted molar refractivity (Wildman–Crippen MR) is 343 cm³/mol. The van der Waals surface area contributed by atoms with Crippen molar-refractivity contribution in [2.24, 2.45) is 0 Å². The topological polar surface area (TPSA) is 0 Å². The molecule has 404 valence electrons. The van der Waals surface area contributed by atoms with E-state index in [9.17, 15) is 0 Å². The van der Waals surface area contributed by atoms with Crippen LogP contribution in [0.3, 0.4) is 0 Å². The molecule has 0 fully saturated rings. The predicted octanol–water partition coefficient (Wildman–Crippen LogP) is 14.6. The van der Waals surface area contributed by atoms with Crippen LogP contribution in [0.15, 0.2) is 267 Å². The second-order valence-corrected chi connectivity index (χ2v) is 23.5. The van der Waals surface area contributed by atoms with Crippen LogP contribution in [0.1, 0.15) is 66.8 Å². The molecule has 0 saturated carbocycles. The molecule has 0 aliphatic rings. The van der Waals surface area contributed by atoms with Crippen LogP contribution >= 0.6 is 0 Å². The molecular formula is C78H68Cl2Zr2-2. The average molecular weight is 1260 g/mol. The third-order valence-corrected chi connectivity index (χ3v) is 17.3. The zero-order valence-electron chi connectivity index (χ0n) is 48.2. The second-order valence-electron chi connectivity index (χ2n) is 21.1. The molecule has 0 bridgehead atoms. The van der Waals surface area contributed by atoms with E-state index in [1.807, 2.05) is 0 Å². The Morgan fingerprint density at radius 1 is 0.280 bits per heavy atom. The Kier molecular flexibility index (Phi) is 23.0. The standard InChI is InChI=1S/2C15H13.2C13H10.2C11H11.2ClH.2Zr/c2*1-10-3-5-14-12(7-10)9-13-8-11(2)4-6-15(13)14;2*1-3-7-12(8-4-1)11-13-9-5-2-6-10-13;2*1-8-6-9(2)11-5-3-4-10(11)7-8;;;;/h2*3-9H,1-2H3;2*1-10H;2*3-7H,1-2H3;2*1H;;/q2*-1;;;2*-1;;;2*+2/p-2. The second kappa shape index (κ2) is 30.0. The van der Waals surface area contributed by atoms with Gasteiger partial charge >= 0.3 is 198 Å². The van der Waals surface area contributed by atoms with Crippen molar-refractivity contribution in [2.75, 3.05) is 0 Å². The molecule has 0 saturated heterocycles. The summed E-state index contributed by atoms with van der Waals surface area (Å²) < 4.78 is 2.83. The number of aryl methyl sites for hydroxylation is 8. The van der Waals surface area contributed by atoms with Crippen LogP contribution in [0.2, 0.25) is 0 Å². The van der Waals surface area contributed by atoms with Gasteiger partial charge in [-0.3, -0.25) is 0 Å². The normalized spacial score (nSPS) is 10.4. The van der Waals surface area contributed by atoms with E-state index in [-0.39, 0.29) is 24.8 Å². The van der Waals surface area contributed by atoms with Crippen molar-refractivity contribution in [1.82, 2.24) is 0 Å². The zero-order chi connectivity index (χ0) is 56.1. The van der Waals surface area contributed by atoms with Crippen molar-refractivity contribution in [3.05, 3.63) is 334 Å². The van der Waals surface area contributed by atoms with Gasteiger partial charge in [0.1, 0.15) is 0 Å². The summed E-state index contributed by atoms with van der Waals surface area (Å²) in [6, 6.07) is 95.2. The Labute approximate surface area is 528 Å². The quantitative estimate of drug-likeness (QED) is 0.154. The molecule has 0 atom stereocenters. The van der Waals surface area contributed by atoms with Crippen LogP contribution in [-0.4, -0.2) is 6.41 Å². The third-order valence-electron chi connectivity index (χ3n) is 14.5. The van der Waals surface area contributed by atoms with Gasteiger partial charge in [-0.2, -0.15) is 24.3 Å². The summed E-state index contributed by atoms with van der Waals surface area (Å²) in [7, 11) is 0. The van der Waals surface area contributed by atoms with Crippen molar-refractivity contribution < 1.29 is 73.3 Å². The first-order valence-electron chi connectivity index (χ1n) is 27.5. The number of halogens is 2. The average Bonchev–Trinajstić information content (AvgIpc) is 4.28. The summed E-state index contributed by atoms with van der Waals surface area (Å²) in [6.07, 6.45) is 0. The van der Waals surface area contributed by atoms with Crippen LogP contribution in [0, 0.1) is 55.4 Å². The Bertz CT molecular complexity index is 3860. The SMILES string of the molecule is Cc1cc(C)c2[cH-]ccc2c1.Cc1cc(C)c2[cH-]ccc2c1.Cc1ccc2c(c1)[cH-]c1cc(C)ccc12.Cc1ccc2c(c1)[cH-]c1cc(C)ccc12.[Cl-].[Cl-].[Zr+2]=[C](c1ccccc1)c1ccccc1.[Zr+2]=[C](c1ccccc1)c1ccccc1. The fourth-order valence-corrected chi connectivity index (χ4v) is 12.2. The Hall–Kier alpha value is -6.75. The number of hydrogen-bond donors (Lipinski definition) is 0. The molecule has 0 spiro atoms. The van der Waals surface area contributed by atoms with E-state index in [2.05, 4.69) is 322 Å². The molecule has 14 aromatic carbocycles. The molecule has 0 radical (unpaired) electrons. The summed E-state index contributed by atoms with van der Waals surface area (Å²) in [4.78, 5) is 0. The molecule has 0 nitrogen and oxygen atoms in total. The number of hydrogen-bond acceptors (Lipinski definition) is 0. The van der Waals surface area contributed by atoms with Crippen molar-refractivity contribution in [3.63, 3.8) is 0 Å². The number of fused-ring (bicyclic) bond motifs is 8. The molecular weight excluding hydrogens is 1190 g/mol. The Morgan fingerprint density at radius 2 is 0.537 bits per heavy atom. The van der Waals surface area contributed by atoms with Crippen molar-refractivity contribution in [3.8, 4) is 0 Å². The summed E-state index contributed by atoms with van der Waals surface area (Å²) in [6.45, 7) is 17.2. The molecule has 0 N–H and O–H groups in total. The van der Waals surface area contributed by atoms with Crippen LogP contribution in [0.4, 0.5) is 0 Å². The van der Waals surface area contributed by atoms with Gasteiger partial charge in [-0.25, -0.2) is 0 Å². The monoisotopic (exact) mass is 1250 g/mol. The molecule has 14 aromatic rings. The summed E-state index contributed by atoms with van der Waals surface area (Å²) in [5, 5.41) is 16.4. The van der Waals surface area contributed by atoms with E-state index >= 15 is 0 Å². The first kappa shape index (κ1) is 62.8. The fraction of sp³-hybridized carbons (Fsp3) is 0.103. The van der Waals surface area contributed by atoms with E-state index in [0.717, 1.165) is 0 Å². The Balaban J connectivity index is 0.000000142. The van der Waals surface area contributed by atoms with Crippen molar-refractivity contribution in [2.45, 2.75) is 55.4 Å². The summed E-state index contributed by atoms with van der Waals surface area (Å²) >= 11 is 2.92. The van der Waals surface area contributed by atoms with Crippen LogP contribution in [-0.2, 0) is 48.5 Å². The zero-order valence-corrected chi connectivity index (χ0v) is 54.6. The van der Waals surface area contributed by atoms with Gasteiger partial charge in [-0.05, 0) is 41.5 Å². The first-order chi connectivity index (χ1) is 38.8. The molecule has 0 heterocycles. The maximum absolute atomic E-state index is 2.28. The minimum atomic E-state index is 0. The fourth-order valence-electron chi connectivity index (χ4n) is 10.5.